The lowest BCUT2D eigenvalue weighted by atomic mass is 10.1. The van der Waals surface area contributed by atoms with Crippen LogP contribution in [0.2, 0.25) is 0 Å². The van der Waals surface area contributed by atoms with E-state index in [0.29, 0.717) is 19.1 Å². The van der Waals surface area contributed by atoms with Gasteiger partial charge in [-0.2, -0.15) is 0 Å². The minimum absolute atomic E-state index is 0.177. The molecule has 0 spiro atoms. The van der Waals surface area contributed by atoms with Crippen molar-refractivity contribution in [3.8, 4) is 0 Å². The van der Waals surface area contributed by atoms with Crippen molar-refractivity contribution < 1.29 is 14.6 Å². The summed E-state index contributed by atoms with van der Waals surface area (Å²) in [5, 5.41) is 15.3. The van der Waals surface area contributed by atoms with Crippen LogP contribution in [0, 0.1) is 12.8 Å². The van der Waals surface area contributed by atoms with Crippen LogP contribution < -0.4 is 10.6 Å². The zero-order valence-electron chi connectivity index (χ0n) is 14.3. The van der Waals surface area contributed by atoms with Crippen molar-refractivity contribution >= 4 is 11.7 Å². The number of hydrogen-bond acceptors (Lipinski definition) is 3. The third-order valence-electron chi connectivity index (χ3n) is 4.33. The Morgan fingerprint density at radius 3 is 2.83 bits per heavy atom. The summed E-state index contributed by atoms with van der Waals surface area (Å²) < 4.78 is 5.64. The molecule has 1 saturated carbocycles. The van der Waals surface area contributed by atoms with Gasteiger partial charge in [-0.25, -0.2) is 4.79 Å². The summed E-state index contributed by atoms with van der Waals surface area (Å²) in [5.41, 5.74) is 2.91. The van der Waals surface area contributed by atoms with Gasteiger partial charge >= 0.3 is 6.03 Å². The molecule has 1 aliphatic rings. The molecule has 128 valence electrons. The summed E-state index contributed by atoms with van der Waals surface area (Å²) in [6.07, 6.45) is 2.57. The Kier molecular flexibility index (Phi) is 6.42. The van der Waals surface area contributed by atoms with Crippen molar-refractivity contribution in [2.45, 2.75) is 58.8 Å². The van der Waals surface area contributed by atoms with Gasteiger partial charge < -0.3 is 20.5 Å². The second-order valence-electron chi connectivity index (χ2n) is 6.62. The van der Waals surface area contributed by atoms with Gasteiger partial charge in [0, 0.05) is 12.2 Å². The van der Waals surface area contributed by atoms with E-state index >= 15 is 0 Å². The molecule has 1 aromatic carbocycles. The van der Waals surface area contributed by atoms with Crippen LogP contribution in [0.15, 0.2) is 18.2 Å². The Morgan fingerprint density at radius 1 is 1.39 bits per heavy atom. The van der Waals surface area contributed by atoms with Crippen molar-refractivity contribution in [2.24, 2.45) is 5.92 Å². The fourth-order valence-electron chi connectivity index (χ4n) is 2.87. The first-order valence-corrected chi connectivity index (χ1v) is 8.38. The fraction of sp³-hybridized carbons (Fsp3) is 0.611. The standard InChI is InChI=1S/C18H28N2O3/c1-12(2)23-11-15-5-4-6-17(13(15)3)20-18(22)19-10-14-7-8-16(21)9-14/h4-6,12,14,16,21H,7-11H2,1-3H3,(H2,19,20,22)/t14-,16-/m0/s1. The summed E-state index contributed by atoms with van der Waals surface area (Å²) in [5.74, 6) is 0.377. The predicted molar refractivity (Wildman–Crippen MR) is 91.5 cm³/mol. The molecular formula is C18H28N2O3. The third kappa shape index (κ3) is 5.52. The Bertz CT molecular complexity index is 531. The van der Waals surface area contributed by atoms with E-state index in [-0.39, 0.29) is 18.2 Å². The van der Waals surface area contributed by atoms with Crippen LogP contribution in [0.3, 0.4) is 0 Å². The minimum Gasteiger partial charge on any atom is -0.393 e. The van der Waals surface area contributed by atoms with Crippen molar-refractivity contribution in [2.75, 3.05) is 11.9 Å². The van der Waals surface area contributed by atoms with Crippen molar-refractivity contribution in [3.05, 3.63) is 29.3 Å². The summed E-state index contributed by atoms with van der Waals surface area (Å²) in [7, 11) is 0. The molecule has 0 bridgehead atoms. The molecule has 2 amide bonds. The van der Waals surface area contributed by atoms with E-state index in [1.54, 1.807) is 0 Å². The van der Waals surface area contributed by atoms with Crippen LogP contribution in [0.25, 0.3) is 0 Å². The average molecular weight is 320 g/mol. The zero-order valence-corrected chi connectivity index (χ0v) is 14.3. The number of anilines is 1. The number of hydrogen-bond donors (Lipinski definition) is 3. The Morgan fingerprint density at radius 2 is 2.17 bits per heavy atom. The normalized spacial score (nSPS) is 20.7. The molecule has 0 unspecified atom stereocenters. The van der Waals surface area contributed by atoms with Gasteiger partial charge in [-0.15, -0.1) is 0 Å². The van der Waals surface area contributed by atoms with Gasteiger partial charge in [0.25, 0.3) is 0 Å². The second-order valence-corrected chi connectivity index (χ2v) is 6.62. The minimum atomic E-state index is -0.204. The van der Waals surface area contributed by atoms with Gasteiger partial charge in [0.1, 0.15) is 0 Å². The first-order valence-electron chi connectivity index (χ1n) is 8.38. The summed E-state index contributed by atoms with van der Waals surface area (Å²) in [4.78, 5) is 12.1. The van der Waals surface area contributed by atoms with Crippen LogP contribution in [0.5, 0.6) is 0 Å². The maximum atomic E-state index is 12.1. The van der Waals surface area contributed by atoms with Gasteiger partial charge in [0.15, 0.2) is 0 Å². The second kappa shape index (κ2) is 8.31. The third-order valence-corrected chi connectivity index (χ3v) is 4.33. The fourth-order valence-corrected chi connectivity index (χ4v) is 2.87. The number of aliphatic hydroxyl groups is 1. The largest absolute Gasteiger partial charge is 0.393 e. The molecule has 23 heavy (non-hydrogen) atoms. The van der Waals surface area contributed by atoms with Crippen LogP contribution >= 0.6 is 0 Å². The van der Waals surface area contributed by atoms with E-state index in [0.717, 1.165) is 36.1 Å². The summed E-state index contributed by atoms with van der Waals surface area (Å²) in [6.45, 7) is 7.15. The molecule has 0 saturated heterocycles. The number of nitrogens with one attached hydrogen (secondary N) is 2. The van der Waals surface area contributed by atoms with E-state index in [1.807, 2.05) is 39.0 Å². The molecule has 0 aliphatic heterocycles. The number of aliphatic hydroxyl groups excluding tert-OH is 1. The Balaban J connectivity index is 1.86. The molecule has 1 aliphatic carbocycles. The molecule has 5 heteroatoms. The average Bonchev–Trinajstić information content (AvgIpc) is 2.91. The first-order chi connectivity index (χ1) is 11.0. The van der Waals surface area contributed by atoms with E-state index in [9.17, 15) is 9.90 Å². The topological polar surface area (TPSA) is 70.6 Å². The van der Waals surface area contributed by atoms with E-state index in [1.165, 1.54) is 0 Å². The number of carbonyl (C=O) groups is 1. The first kappa shape index (κ1) is 17.8. The highest BCUT2D eigenvalue weighted by Crippen LogP contribution is 2.24. The van der Waals surface area contributed by atoms with Gasteiger partial charge in [0.2, 0.25) is 0 Å². The van der Waals surface area contributed by atoms with Gasteiger partial charge in [0.05, 0.1) is 18.8 Å². The van der Waals surface area contributed by atoms with Crippen LogP contribution in [0.4, 0.5) is 10.5 Å². The molecule has 2 atom stereocenters. The van der Waals surface area contributed by atoms with Crippen LogP contribution in [-0.4, -0.2) is 29.9 Å². The molecule has 1 aromatic rings. The van der Waals surface area contributed by atoms with Crippen LogP contribution in [-0.2, 0) is 11.3 Å². The van der Waals surface area contributed by atoms with Gasteiger partial charge in [-0.3, -0.25) is 0 Å². The summed E-state index contributed by atoms with van der Waals surface area (Å²) >= 11 is 0. The lowest BCUT2D eigenvalue weighted by Crippen LogP contribution is -2.32. The molecule has 0 radical (unpaired) electrons. The zero-order chi connectivity index (χ0) is 16.8. The number of urea groups is 1. The highest BCUT2D eigenvalue weighted by Gasteiger charge is 2.23. The molecule has 0 aromatic heterocycles. The predicted octanol–water partition coefficient (Wildman–Crippen LogP) is 3.20. The number of benzene rings is 1. The van der Waals surface area contributed by atoms with Crippen molar-refractivity contribution in [1.29, 1.82) is 0 Å². The quantitative estimate of drug-likeness (QED) is 0.754. The van der Waals surface area contributed by atoms with E-state index in [4.69, 9.17) is 4.74 Å². The van der Waals surface area contributed by atoms with E-state index < -0.39 is 0 Å². The van der Waals surface area contributed by atoms with E-state index in [2.05, 4.69) is 10.6 Å². The summed E-state index contributed by atoms with van der Waals surface area (Å²) in [6, 6.07) is 5.64. The van der Waals surface area contributed by atoms with Crippen LogP contribution in [0.1, 0.15) is 44.2 Å². The molecule has 1 fully saturated rings. The maximum absolute atomic E-state index is 12.1. The highest BCUT2D eigenvalue weighted by molar-refractivity contribution is 5.90. The smallest absolute Gasteiger partial charge is 0.319 e. The maximum Gasteiger partial charge on any atom is 0.319 e. The lowest BCUT2D eigenvalue weighted by Gasteiger charge is -2.15. The Labute approximate surface area is 138 Å². The lowest BCUT2D eigenvalue weighted by molar-refractivity contribution is 0.0654. The van der Waals surface area contributed by atoms with Crippen molar-refractivity contribution in [3.63, 3.8) is 0 Å². The van der Waals surface area contributed by atoms with Gasteiger partial charge in [-0.05, 0) is 63.1 Å². The molecular weight excluding hydrogens is 292 g/mol. The highest BCUT2D eigenvalue weighted by atomic mass is 16.5. The molecule has 5 nitrogen and oxygen atoms in total. The molecule has 3 N–H and O–H groups in total. The Hall–Kier alpha value is -1.59. The number of carbonyl (C=O) groups excluding carboxylic acids is 1. The number of rotatable bonds is 6. The number of ether oxygens (including phenoxy) is 1. The SMILES string of the molecule is Cc1c(COC(C)C)cccc1NC(=O)NC[C@H]1CC[C@H](O)C1. The molecule has 2 rings (SSSR count). The number of amides is 2. The monoisotopic (exact) mass is 320 g/mol. The van der Waals surface area contributed by atoms with Gasteiger partial charge in [-0.1, -0.05) is 12.1 Å². The molecule has 0 heterocycles. The van der Waals surface area contributed by atoms with Crippen molar-refractivity contribution in [1.82, 2.24) is 5.32 Å².